The van der Waals surface area contributed by atoms with Crippen LogP contribution in [0.5, 0.6) is 0 Å². The van der Waals surface area contributed by atoms with Crippen LogP contribution in [-0.4, -0.2) is 11.0 Å². The average molecular weight is 234 g/mol. The molecule has 1 aromatic carbocycles. The maximum absolute atomic E-state index is 5.86. The summed E-state index contributed by atoms with van der Waals surface area (Å²) in [5.41, 5.74) is 8.28. The fraction of sp³-hybridized carbons (Fsp3) is 0.462. The van der Waals surface area contributed by atoms with Crippen molar-refractivity contribution in [1.29, 1.82) is 0 Å². The fourth-order valence-corrected chi connectivity index (χ4v) is 2.80. The Hall–Kier alpha value is -0.930. The zero-order chi connectivity index (χ0) is 11.7. The molecule has 2 aromatic rings. The van der Waals surface area contributed by atoms with E-state index < -0.39 is 0 Å². The van der Waals surface area contributed by atoms with Crippen molar-refractivity contribution in [3.63, 3.8) is 0 Å². The molecule has 0 aliphatic rings. The second-order valence-corrected chi connectivity index (χ2v) is 5.71. The minimum atomic E-state index is 0.190. The van der Waals surface area contributed by atoms with E-state index in [9.17, 15) is 0 Å². The van der Waals surface area contributed by atoms with Crippen LogP contribution in [0.15, 0.2) is 18.2 Å². The predicted octanol–water partition coefficient (Wildman–Crippen LogP) is 3.31. The first-order chi connectivity index (χ1) is 7.58. The van der Waals surface area contributed by atoms with Crippen molar-refractivity contribution in [2.75, 3.05) is 0 Å². The van der Waals surface area contributed by atoms with Gasteiger partial charge < -0.3 is 5.73 Å². The first-order valence-corrected chi connectivity index (χ1v) is 6.53. The number of nitrogens with zero attached hydrogens (tertiary/aromatic N) is 1. The van der Waals surface area contributed by atoms with Crippen molar-refractivity contribution >= 4 is 21.6 Å². The van der Waals surface area contributed by atoms with E-state index in [2.05, 4.69) is 32.0 Å². The number of para-hydroxylation sites is 1. The van der Waals surface area contributed by atoms with Crippen molar-refractivity contribution in [2.24, 2.45) is 5.73 Å². The maximum atomic E-state index is 5.86. The normalized spacial score (nSPS) is 13.6. The van der Waals surface area contributed by atoms with Gasteiger partial charge in [-0.2, -0.15) is 0 Å². The number of hydrogen-bond acceptors (Lipinski definition) is 3. The SMILES string of the molecule is CC(N)Cc1cccc2sc(C(C)C)nc12. The van der Waals surface area contributed by atoms with Crippen LogP contribution in [-0.2, 0) is 6.42 Å². The third kappa shape index (κ3) is 2.25. The zero-order valence-corrected chi connectivity index (χ0v) is 10.8. The van der Waals surface area contributed by atoms with Gasteiger partial charge in [0.1, 0.15) is 0 Å². The van der Waals surface area contributed by atoms with Crippen LogP contribution < -0.4 is 5.73 Å². The highest BCUT2D eigenvalue weighted by atomic mass is 32.1. The molecule has 0 aliphatic carbocycles. The first kappa shape index (κ1) is 11.6. The molecule has 86 valence electrons. The third-order valence-electron chi connectivity index (χ3n) is 2.55. The minimum absolute atomic E-state index is 0.190. The van der Waals surface area contributed by atoms with E-state index in [0.717, 1.165) is 11.9 Å². The Labute approximate surface area is 101 Å². The van der Waals surface area contributed by atoms with Crippen LogP contribution in [0.3, 0.4) is 0 Å². The van der Waals surface area contributed by atoms with Crippen LogP contribution in [0.4, 0.5) is 0 Å². The van der Waals surface area contributed by atoms with Gasteiger partial charge in [0.15, 0.2) is 0 Å². The van der Waals surface area contributed by atoms with Crippen LogP contribution in [0.25, 0.3) is 10.2 Å². The molecule has 0 spiro atoms. The Bertz CT molecular complexity index is 486. The Balaban J connectivity index is 2.50. The summed E-state index contributed by atoms with van der Waals surface area (Å²) in [5.74, 6) is 0.501. The van der Waals surface area contributed by atoms with Crippen LogP contribution in [0.1, 0.15) is 37.3 Å². The largest absolute Gasteiger partial charge is 0.328 e. The highest BCUT2D eigenvalue weighted by Gasteiger charge is 2.11. The molecule has 0 fully saturated rings. The Morgan fingerprint density at radius 2 is 2.06 bits per heavy atom. The molecule has 0 saturated carbocycles. The van der Waals surface area contributed by atoms with Crippen LogP contribution in [0, 0.1) is 0 Å². The molecule has 1 heterocycles. The number of fused-ring (bicyclic) bond motifs is 1. The maximum Gasteiger partial charge on any atom is 0.0964 e. The molecule has 0 bridgehead atoms. The summed E-state index contributed by atoms with van der Waals surface area (Å²) >= 11 is 1.79. The lowest BCUT2D eigenvalue weighted by molar-refractivity contribution is 0.740. The second kappa shape index (κ2) is 4.52. The van der Waals surface area contributed by atoms with Gasteiger partial charge >= 0.3 is 0 Å². The topological polar surface area (TPSA) is 38.9 Å². The standard InChI is InChI=1S/C13H18N2S/c1-8(2)13-15-12-10(7-9(3)14)5-4-6-11(12)16-13/h4-6,8-9H,7,14H2,1-3H3. The molecule has 2 N–H and O–H groups in total. The smallest absolute Gasteiger partial charge is 0.0964 e. The van der Waals surface area contributed by atoms with Crippen molar-refractivity contribution in [3.05, 3.63) is 28.8 Å². The number of rotatable bonds is 3. The van der Waals surface area contributed by atoms with Gasteiger partial charge in [0.2, 0.25) is 0 Å². The van der Waals surface area contributed by atoms with Crippen LogP contribution in [0.2, 0.25) is 0 Å². The molecule has 1 atom stereocenters. The summed E-state index contributed by atoms with van der Waals surface area (Å²) < 4.78 is 1.28. The monoisotopic (exact) mass is 234 g/mol. The number of hydrogen-bond donors (Lipinski definition) is 1. The average Bonchev–Trinajstić information content (AvgIpc) is 2.61. The van der Waals surface area contributed by atoms with E-state index in [0.29, 0.717) is 5.92 Å². The summed E-state index contributed by atoms with van der Waals surface area (Å²) in [6, 6.07) is 6.57. The Morgan fingerprint density at radius 3 is 2.69 bits per heavy atom. The van der Waals surface area contributed by atoms with Gasteiger partial charge in [-0.3, -0.25) is 0 Å². The summed E-state index contributed by atoms with van der Waals surface area (Å²) in [5, 5.41) is 1.21. The molecule has 16 heavy (non-hydrogen) atoms. The van der Waals surface area contributed by atoms with Crippen molar-refractivity contribution < 1.29 is 0 Å². The molecule has 3 heteroatoms. The fourth-order valence-electron chi connectivity index (χ4n) is 1.78. The molecule has 0 amide bonds. The van der Waals surface area contributed by atoms with E-state index in [1.807, 2.05) is 6.92 Å². The van der Waals surface area contributed by atoms with Gasteiger partial charge in [-0.05, 0) is 25.0 Å². The minimum Gasteiger partial charge on any atom is -0.328 e. The van der Waals surface area contributed by atoms with Crippen molar-refractivity contribution in [3.8, 4) is 0 Å². The van der Waals surface area contributed by atoms with E-state index in [-0.39, 0.29) is 6.04 Å². The second-order valence-electron chi connectivity index (χ2n) is 4.65. The van der Waals surface area contributed by atoms with Crippen molar-refractivity contribution in [1.82, 2.24) is 4.98 Å². The number of benzene rings is 1. The van der Waals surface area contributed by atoms with Gasteiger partial charge in [0, 0.05) is 12.0 Å². The molecule has 1 aromatic heterocycles. The number of aromatic nitrogens is 1. The molecule has 0 radical (unpaired) electrons. The number of thiazole rings is 1. The molecule has 0 saturated heterocycles. The lowest BCUT2D eigenvalue weighted by atomic mass is 10.1. The highest BCUT2D eigenvalue weighted by Crippen LogP contribution is 2.29. The molecular formula is C13H18N2S. The summed E-state index contributed by atoms with van der Waals surface area (Å²) in [4.78, 5) is 4.73. The molecule has 2 nitrogen and oxygen atoms in total. The van der Waals surface area contributed by atoms with E-state index in [1.165, 1.54) is 15.3 Å². The van der Waals surface area contributed by atoms with Gasteiger partial charge in [0.05, 0.1) is 15.2 Å². The zero-order valence-electron chi connectivity index (χ0n) is 10.0. The van der Waals surface area contributed by atoms with Gasteiger partial charge in [-0.15, -0.1) is 11.3 Å². The van der Waals surface area contributed by atoms with Crippen LogP contribution >= 0.6 is 11.3 Å². The summed E-state index contributed by atoms with van der Waals surface area (Å²) in [6.45, 7) is 6.40. The lowest BCUT2D eigenvalue weighted by Gasteiger charge is -2.05. The quantitative estimate of drug-likeness (QED) is 0.885. The van der Waals surface area contributed by atoms with Gasteiger partial charge in [-0.1, -0.05) is 26.0 Å². The summed E-state index contributed by atoms with van der Waals surface area (Å²) in [6.07, 6.45) is 0.901. The molecule has 1 unspecified atom stereocenters. The summed E-state index contributed by atoms with van der Waals surface area (Å²) in [7, 11) is 0. The predicted molar refractivity (Wildman–Crippen MR) is 71.1 cm³/mol. The third-order valence-corrected chi connectivity index (χ3v) is 3.88. The van der Waals surface area contributed by atoms with E-state index >= 15 is 0 Å². The molecule has 0 aliphatic heterocycles. The first-order valence-electron chi connectivity index (χ1n) is 5.72. The lowest BCUT2D eigenvalue weighted by Crippen LogP contribution is -2.17. The van der Waals surface area contributed by atoms with E-state index in [1.54, 1.807) is 11.3 Å². The van der Waals surface area contributed by atoms with Crippen molar-refractivity contribution in [2.45, 2.75) is 39.2 Å². The van der Waals surface area contributed by atoms with Gasteiger partial charge in [0.25, 0.3) is 0 Å². The Kier molecular flexibility index (Phi) is 3.26. The molecular weight excluding hydrogens is 216 g/mol. The number of nitrogens with two attached hydrogens (primary N) is 1. The highest BCUT2D eigenvalue weighted by molar-refractivity contribution is 7.18. The Morgan fingerprint density at radius 1 is 1.31 bits per heavy atom. The molecule has 2 rings (SSSR count). The van der Waals surface area contributed by atoms with Gasteiger partial charge in [-0.25, -0.2) is 4.98 Å². The van der Waals surface area contributed by atoms with E-state index in [4.69, 9.17) is 10.7 Å².